The second kappa shape index (κ2) is 7.12. The van der Waals surface area contributed by atoms with Gasteiger partial charge in [0.2, 0.25) is 5.91 Å². The van der Waals surface area contributed by atoms with Crippen LogP contribution in [0.5, 0.6) is 0 Å². The molecule has 0 bridgehead atoms. The SMILES string of the molecule is CCCCCC(C)(C)CNc1ccc(C(N)=O)cn1. The number of carbonyl (C=O) groups is 1. The number of nitrogens with zero attached hydrogens (tertiary/aromatic N) is 1. The van der Waals surface area contributed by atoms with Crippen LogP contribution >= 0.6 is 0 Å². The van der Waals surface area contributed by atoms with Crippen molar-refractivity contribution in [2.45, 2.75) is 46.5 Å². The van der Waals surface area contributed by atoms with Gasteiger partial charge in [-0.3, -0.25) is 4.79 Å². The molecule has 1 aromatic rings. The van der Waals surface area contributed by atoms with E-state index < -0.39 is 5.91 Å². The smallest absolute Gasteiger partial charge is 0.250 e. The van der Waals surface area contributed by atoms with Crippen LogP contribution in [0.2, 0.25) is 0 Å². The van der Waals surface area contributed by atoms with Crippen molar-refractivity contribution in [3.8, 4) is 0 Å². The van der Waals surface area contributed by atoms with E-state index in [9.17, 15) is 4.79 Å². The number of nitrogens with two attached hydrogens (primary N) is 1. The van der Waals surface area contributed by atoms with E-state index in [1.165, 1.54) is 31.9 Å². The summed E-state index contributed by atoms with van der Waals surface area (Å²) in [5.41, 5.74) is 5.86. The van der Waals surface area contributed by atoms with E-state index in [0.29, 0.717) is 5.56 Å². The second-order valence-electron chi connectivity index (χ2n) is 5.77. The topological polar surface area (TPSA) is 68.0 Å². The molecule has 1 aromatic heterocycles. The average molecular weight is 263 g/mol. The van der Waals surface area contributed by atoms with Gasteiger partial charge in [0.1, 0.15) is 5.82 Å². The van der Waals surface area contributed by atoms with Crippen LogP contribution in [0.3, 0.4) is 0 Å². The Morgan fingerprint density at radius 3 is 2.63 bits per heavy atom. The van der Waals surface area contributed by atoms with Crippen LogP contribution in [0.1, 0.15) is 56.8 Å². The molecule has 19 heavy (non-hydrogen) atoms. The normalized spacial score (nSPS) is 11.3. The minimum Gasteiger partial charge on any atom is -0.370 e. The lowest BCUT2D eigenvalue weighted by Crippen LogP contribution is -2.23. The number of nitrogens with one attached hydrogen (secondary N) is 1. The Labute approximate surface area is 115 Å². The average Bonchev–Trinajstić information content (AvgIpc) is 2.37. The Kier molecular flexibility index (Phi) is 5.80. The first-order valence-corrected chi connectivity index (χ1v) is 6.94. The molecule has 1 amide bonds. The number of aromatic nitrogens is 1. The fraction of sp³-hybridized carbons (Fsp3) is 0.600. The fourth-order valence-electron chi connectivity index (χ4n) is 1.92. The van der Waals surface area contributed by atoms with Gasteiger partial charge in [-0.2, -0.15) is 0 Å². The summed E-state index contributed by atoms with van der Waals surface area (Å²) in [6, 6.07) is 3.49. The van der Waals surface area contributed by atoms with E-state index in [-0.39, 0.29) is 5.41 Å². The van der Waals surface area contributed by atoms with Gasteiger partial charge in [0.25, 0.3) is 0 Å². The third-order valence-electron chi connectivity index (χ3n) is 3.25. The van der Waals surface area contributed by atoms with E-state index >= 15 is 0 Å². The zero-order chi connectivity index (χ0) is 14.3. The van der Waals surface area contributed by atoms with E-state index in [1.54, 1.807) is 12.1 Å². The monoisotopic (exact) mass is 263 g/mol. The molecule has 0 aromatic carbocycles. The van der Waals surface area contributed by atoms with E-state index in [0.717, 1.165) is 12.4 Å². The molecular weight excluding hydrogens is 238 g/mol. The van der Waals surface area contributed by atoms with Crippen LogP contribution in [0.15, 0.2) is 18.3 Å². The zero-order valence-electron chi connectivity index (χ0n) is 12.2. The lowest BCUT2D eigenvalue weighted by molar-refractivity contribution is 0.1000. The number of anilines is 1. The van der Waals surface area contributed by atoms with E-state index in [4.69, 9.17) is 5.73 Å². The summed E-state index contributed by atoms with van der Waals surface area (Å²) in [6.45, 7) is 7.61. The van der Waals surface area contributed by atoms with E-state index in [2.05, 4.69) is 31.1 Å². The Morgan fingerprint density at radius 2 is 2.11 bits per heavy atom. The molecule has 4 heteroatoms. The maximum Gasteiger partial charge on any atom is 0.250 e. The number of hydrogen-bond acceptors (Lipinski definition) is 3. The molecule has 0 aliphatic carbocycles. The number of hydrogen-bond donors (Lipinski definition) is 2. The standard InChI is InChI=1S/C15H25N3O/c1-4-5-6-9-15(2,3)11-18-13-8-7-12(10-17-13)14(16)19/h7-8,10H,4-6,9,11H2,1-3H3,(H2,16,19)(H,17,18). The van der Waals surface area contributed by atoms with Gasteiger partial charge in [0, 0.05) is 12.7 Å². The lowest BCUT2D eigenvalue weighted by Gasteiger charge is -2.25. The molecule has 0 unspecified atom stereocenters. The maximum atomic E-state index is 10.9. The molecule has 106 valence electrons. The quantitative estimate of drug-likeness (QED) is 0.708. The van der Waals surface area contributed by atoms with Crippen molar-refractivity contribution in [2.24, 2.45) is 11.1 Å². The molecule has 0 aliphatic rings. The van der Waals surface area contributed by atoms with Gasteiger partial charge < -0.3 is 11.1 Å². The number of primary amides is 1. The molecule has 0 radical (unpaired) electrons. The third-order valence-corrected chi connectivity index (χ3v) is 3.25. The summed E-state index contributed by atoms with van der Waals surface area (Å²) in [4.78, 5) is 15.1. The molecule has 3 N–H and O–H groups in total. The van der Waals surface area contributed by atoms with Gasteiger partial charge in [-0.1, -0.05) is 40.0 Å². The summed E-state index contributed by atoms with van der Waals surface area (Å²) < 4.78 is 0. The highest BCUT2D eigenvalue weighted by Crippen LogP contribution is 2.24. The van der Waals surface area contributed by atoms with Crippen molar-refractivity contribution in [2.75, 3.05) is 11.9 Å². The minimum absolute atomic E-state index is 0.249. The molecular formula is C15H25N3O. The largest absolute Gasteiger partial charge is 0.370 e. The molecule has 0 atom stereocenters. The van der Waals surface area contributed by atoms with Crippen molar-refractivity contribution in [1.29, 1.82) is 0 Å². The van der Waals surface area contributed by atoms with Crippen LogP contribution < -0.4 is 11.1 Å². The van der Waals surface area contributed by atoms with Gasteiger partial charge in [0.15, 0.2) is 0 Å². The summed E-state index contributed by atoms with van der Waals surface area (Å²) in [7, 11) is 0. The summed E-state index contributed by atoms with van der Waals surface area (Å²) >= 11 is 0. The molecule has 0 fully saturated rings. The molecule has 1 rings (SSSR count). The van der Waals surface area contributed by atoms with Crippen LogP contribution in [0, 0.1) is 5.41 Å². The van der Waals surface area contributed by atoms with Gasteiger partial charge in [-0.15, -0.1) is 0 Å². The molecule has 4 nitrogen and oxygen atoms in total. The molecule has 1 heterocycles. The highest BCUT2D eigenvalue weighted by Gasteiger charge is 2.17. The lowest BCUT2D eigenvalue weighted by atomic mass is 9.87. The van der Waals surface area contributed by atoms with Gasteiger partial charge in [-0.25, -0.2) is 4.98 Å². The maximum absolute atomic E-state index is 10.9. The highest BCUT2D eigenvalue weighted by molar-refractivity contribution is 5.92. The van der Waals surface area contributed by atoms with Crippen molar-refractivity contribution in [1.82, 2.24) is 4.98 Å². The van der Waals surface area contributed by atoms with Crippen molar-refractivity contribution < 1.29 is 4.79 Å². The summed E-state index contributed by atoms with van der Waals surface area (Å²) in [6.07, 6.45) is 6.51. The van der Waals surface area contributed by atoms with Gasteiger partial charge >= 0.3 is 0 Å². The predicted octanol–water partition coefficient (Wildman–Crippen LogP) is 3.20. The third kappa shape index (κ3) is 5.73. The molecule has 0 spiro atoms. The molecule has 0 aliphatic heterocycles. The van der Waals surface area contributed by atoms with Crippen molar-refractivity contribution in [3.05, 3.63) is 23.9 Å². The summed E-state index contributed by atoms with van der Waals surface area (Å²) in [5, 5.41) is 3.31. The molecule has 0 saturated carbocycles. The number of rotatable bonds is 8. The van der Waals surface area contributed by atoms with Crippen LogP contribution in [0.25, 0.3) is 0 Å². The van der Waals surface area contributed by atoms with Crippen LogP contribution in [-0.2, 0) is 0 Å². The van der Waals surface area contributed by atoms with Gasteiger partial charge in [-0.05, 0) is 24.0 Å². The van der Waals surface area contributed by atoms with Crippen molar-refractivity contribution in [3.63, 3.8) is 0 Å². The van der Waals surface area contributed by atoms with Crippen LogP contribution in [0.4, 0.5) is 5.82 Å². The number of amides is 1. The Hall–Kier alpha value is -1.58. The first-order valence-electron chi connectivity index (χ1n) is 6.94. The number of pyridine rings is 1. The Bertz CT molecular complexity index is 398. The minimum atomic E-state index is -0.445. The zero-order valence-corrected chi connectivity index (χ0v) is 12.2. The van der Waals surface area contributed by atoms with Crippen LogP contribution in [-0.4, -0.2) is 17.4 Å². The Morgan fingerprint density at radius 1 is 1.37 bits per heavy atom. The van der Waals surface area contributed by atoms with Crippen molar-refractivity contribution >= 4 is 11.7 Å². The second-order valence-corrected chi connectivity index (χ2v) is 5.77. The molecule has 0 saturated heterocycles. The van der Waals surface area contributed by atoms with Gasteiger partial charge in [0.05, 0.1) is 5.56 Å². The predicted molar refractivity (Wildman–Crippen MR) is 79.2 cm³/mol. The summed E-state index contributed by atoms with van der Waals surface area (Å²) in [5.74, 6) is 0.340. The van der Waals surface area contributed by atoms with E-state index in [1.807, 2.05) is 0 Å². The highest BCUT2D eigenvalue weighted by atomic mass is 16.1. The first kappa shape index (κ1) is 15.5. The fourth-order valence-corrected chi connectivity index (χ4v) is 1.92. The first-order chi connectivity index (χ1) is 8.94. The number of carbonyl (C=O) groups excluding carboxylic acids is 1. The number of unbranched alkanes of at least 4 members (excludes halogenated alkanes) is 2. The Balaban J connectivity index is 2.44.